The van der Waals surface area contributed by atoms with E-state index in [0.29, 0.717) is 6.54 Å². The van der Waals surface area contributed by atoms with Crippen LogP contribution in [0.5, 0.6) is 0 Å². The normalized spacial score (nSPS) is 7.33. The van der Waals surface area contributed by atoms with Gasteiger partial charge in [-0.25, -0.2) is 6.57 Å². The van der Waals surface area contributed by atoms with Crippen LogP contribution in [0.25, 0.3) is 4.85 Å². The van der Waals surface area contributed by atoms with E-state index in [2.05, 4.69) is 11.9 Å². The molecule has 0 bridgehead atoms. The van der Waals surface area contributed by atoms with E-state index in [0.717, 1.165) is 6.54 Å². The van der Waals surface area contributed by atoms with Crippen molar-refractivity contribution < 1.29 is 5.32 Å². The van der Waals surface area contributed by atoms with E-state index in [4.69, 9.17) is 6.57 Å². The molecule has 0 heterocycles. The molecule has 0 radical (unpaired) electrons. The Morgan fingerprint density at radius 3 is 2.67 bits per heavy atom. The fourth-order valence-corrected chi connectivity index (χ4v) is 0.156. The minimum absolute atomic E-state index is 0.587. The molecule has 0 aliphatic rings. The van der Waals surface area contributed by atoms with Gasteiger partial charge in [-0.15, -0.1) is 0 Å². The second kappa shape index (κ2) is 4.45. The third-order valence-electron chi connectivity index (χ3n) is 0.445. The van der Waals surface area contributed by atoms with Crippen molar-refractivity contribution in [3.63, 3.8) is 0 Å². The summed E-state index contributed by atoms with van der Waals surface area (Å²) in [5.74, 6) is 0. The highest BCUT2D eigenvalue weighted by atomic mass is 14.8. The van der Waals surface area contributed by atoms with Gasteiger partial charge in [0.25, 0.3) is 6.54 Å². The number of quaternary nitrogens is 1. The molecule has 2 nitrogen and oxygen atoms in total. The molecule has 34 valence electrons. The Labute approximate surface area is 38.0 Å². The topological polar surface area (TPSA) is 21.0 Å². The molecule has 6 heavy (non-hydrogen) atoms. The summed E-state index contributed by atoms with van der Waals surface area (Å²) in [6.07, 6.45) is 0. The molecule has 0 aromatic carbocycles. The second-order valence-corrected chi connectivity index (χ2v) is 0.959. The standard InChI is InChI=1S/C4H8N2/c1-5-3-4-6-2/h1,3-5H2. The van der Waals surface area contributed by atoms with Crippen LogP contribution in [0.4, 0.5) is 0 Å². The predicted molar refractivity (Wildman–Crippen MR) is 23.6 cm³/mol. The number of hydrogen-bond donors (Lipinski definition) is 1. The summed E-state index contributed by atoms with van der Waals surface area (Å²) in [5.41, 5.74) is 0. The minimum atomic E-state index is 0.587. The lowest BCUT2D eigenvalue weighted by molar-refractivity contribution is -0.592. The Morgan fingerprint density at radius 2 is 2.50 bits per heavy atom. The Bertz CT molecular complexity index is 53.1. The molecule has 0 saturated heterocycles. The van der Waals surface area contributed by atoms with Crippen molar-refractivity contribution >= 4 is 0 Å². The average Bonchev–Trinajstić information content (AvgIpc) is 1.61. The first kappa shape index (κ1) is 5.45. The maximum absolute atomic E-state index is 6.28. The van der Waals surface area contributed by atoms with Crippen LogP contribution in [0.15, 0.2) is 0 Å². The first-order valence-corrected chi connectivity index (χ1v) is 1.86. The van der Waals surface area contributed by atoms with Gasteiger partial charge in [0.05, 0.1) is 0 Å². The highest BCUT2D eigenvalue weighted by molar-refractivity contribution is 4.53. The van der Waals surface area contributed by atoms with Gasteiger partial charge >= 0.3 is 0 Å². The maximum Gasteiger partial charge on any atom is 0.260 e. The van der Waals surface area contributed by atoms with Gasteiger partial charge in [0.2, 0.25) is 0 Å². The summed E-state index contributed by atoms with van der Waals surface area (Å²) < 4.78 is 0. The zero-order valence-corrected chi connectivity index (χ0v) is 3.65. The van der Waals surface area contributed by atoms with Crippen LogP contribution in [-0.4, -0.2) is 13.1 Å². The van der Waals surface area contributed by atoms with E-state index in [1.54, 1.807) is 5.32 Å². The summed E-state index contributed by atoms with van der Waals surface area (Å²) in [7, 11) is 3.45. The first-order chi connectivity index (χ1) is 2.91. The number of nitrogens with two attached hydrogens (primary N) is 1. The molecule has 0 spiro atoms. The highest BCUT2D eigenvalue weighted by Gasteiger charge is 1.75. The van der Waals surface area contributed by atoms with Gasteiger partial charge < -0.3 is 10.2 Å². The molecule has 0 aromatic rings. The van der Waals surface area contributed by atoms with Gasteiger partial charge in [0.1, 0.15) is 6.54 Å². The molecular formula is C4H8N2. The van der Waals surface area contributed by atoms with Crippen LogP contribution in [0.1, 0.15) is 0 Å². The van der Waals surface area contributed by atoms with Crippen molar-refractivity contribution in [2.24, 2.45) is 0 Å². The zero-order chi connectivity index (χ0) is 4.83. The molecule has 0 atom stereocenters. The number of rotatable bonds is 2. The van der Waals surface area contributed by atoms with Gasteiger partial charge in [-0.3, -0.25) is 0 Å². The fourth-order valence-electron chi connectivity index (χ4n) is 0.156. The first-order valence-electron chi connectivity index (χ1n) is 1.86. The monoisotopic (exact) mass is 84.1 g/mol. The van der Waals surface area contributed by atoms with Crippen LogP contribution >= 0.6 is 0 Å². The van der Waals surface area contributed by atoms with Crippen LogP contribution < -0.4 is 5.32 Å². The number of hydrogen-bond acceptors (Lipinski definition) is 0. The van der Waals surface area contributed by atoms with Gasteiger partial charge in [0, 0.05) is 0 Å². The minimum Gasteiger partial charge on any atom is -0.473 e. The van der Waals surface area contributed by atoms with E-state index in [9.17, 15) is 0 Å². The number of nitrogens with zero attached hydrogens (tertiary/aromatic N) is 1. The van der Waals surface area contributed by atoms with Crippen molar-refractivity contribution in [3.8, 4) is 0 Å². The summed E-state index contributed by atoms with van der Waals surface area (Å²) in [6.45, 7) is 7.69. The molecule has 0 saturated carbocycles. The molecule has 0 amide bonds. The predicted octanol–water partition coefficient (Wildman–Crippen LogP) is -0.739. The zero-order valence-electron chi connectivity index (χ0n) is 3.65. The fraction of sp³-hybridized carbons (Fsp3) is 0.500. The lowest BCUT2D eigenvalue weighted by Gasteiger charge is -1.86. The van der Waals surface area contributed by atoms with Crippen LogP contribution in [0.3, 0.4) is 0 Å². The summed E-state index contributed by atoms with van der Waals surface area (Å²) in [5, 5.41) is 1.75. The van der Waals surface area contributed by atoms with E-state index in [1.165, 1.54) is 0 Å². The van der Waals surface area contributed by atoms with E-state index >= 15 is 0 Å². The largest absolute Gasteiger partial charge is 0.473 e. The van der Waals surface area contributed by atoms with Gasteiger partial charge in [0.15, 0.2) is 0 Å². The lowest BCUT2D eigenvalue weighted by Crippen LogP contribution is -2.77. The smallest absolute Gasteiger partial charge is 0.260 e. The Kier molecular flexibility index (Phi) is 4.04. The average molecular weight is 84.1 g/mol. The maximum atomic E-state index is 6.28. The molecule has 2 N–H and O–H groups in total. The van der Waals surface area contributed by atoms with Gasteiger partial charge in [-0.05, 0) is 0 Å². The lowest BCUT2D eigenvalue weighted by atomic mass is 10.7. The van der Waals surface area contributed by atoms with Crippen molar-refractivity contribution in [1.29, 1.82) is 0 Å². The summed E-state index contributed by atoms with van der Waals surface area (Å²) in [4.78, 5) is 3.10. The van der Waals surface area contributed by atoms with Crippen molar-refractivity contribution in [2.45, 2.75) is 0 Å². The van der Waals surface area contributed by atoms with Crippen LogP contribution in [0, 0.1) is 13.6 Å². The quantitative estimate of drug-likeness (QED) is 0.336. The van der Waals surface area contributed by atoms with Crippen LogP contribution in [0.2, 0.25) is 0 Å². The highest BCUT2D eigenvalue weighted by Crippen LogP contribution is 1.53. The van der Waals surface area contributed by atoms with Crippen molar-refractivity contribution in [2.75, 3.05) is 13.1 Å². The molecule has 0 aliphatic carbocycles. The Balaban J connectivity index is 2.54. The molecule has 0 fully saturated rings. The van der Waals surface area contributed by atoms with E-state index in [-0.39, 0.29) is 0 Å². The van der Waals surface area contributed by atoms with E-state index < -0.39 is 0 Å². The van der Waals surface area contributed by atoms with Crippen LogP contribution in [-0.2, 0) is 0 Å². The van der Waals surface area contributed by atoms with Crippen molar-refractivity contribution in [3.05, 3.63) is 18.5 Å². The summed E-state index contributed by atoms with van der Waals surface area (Å²) in [6, 6.07) is 0. The molecule has 0 unspecified atom stereocenters. The third-order valence-corrected chi connectivity index (χ3v) is 0.445. The van der Waals surface area contributed by atoms with Gasteiger partial charge in [-0.1, -0.05) is 0 Å². The molecule has 0 rings (SSSR count). The molecule has 2 heteroatoms. The summed E-state index contributed by atoms with van der Waals surface area (Å²) >= 11 is 0. The second-order valence-electron chi connectivity index (χ2n) is 0.959. The van der Waals surface area contributed by atoms with Gasteiger partial charge in [-0.2, -0.15) is 7.05 Å². The Hall–Kier alpha value is -0.550. The van der Waals surface area contributed by atoms with E-state index in [1.807, 2.05) is 0 Å². The molecule has 0 aromatic heterocycles. The Morgan fingerprint density at radius 1 is 1.83 bits per heavy atom. The SMILES string of the molecule is [C-]#[N+]CC[NH2+][CH2-]. The molecular weight excluding hydrogens is 76.1 g/mol. The molecule has 0 aliphatic heterocycles. The van der Waals surface area contributed by atoms with Crippen molar-refractivity contribution in [1.82, 2.24) is 0 Å². The third kappa shape index (κ3) is 3.45.